The van der Waals surface area contributed by atoms with Gasteiger partial charge in [-0.3, -0.25) is 0 Å². The van der Waals surface area contributed by atoms with Gasteiger partial charge >= 0.3 is 37.6 Å². The number of hydrogen-bond acceptors (Lipinski definition) is 0. The molecule has 28 heavy (non-hydrogen) atoms. The Hall–Kier alpha value is -1.70. The number of fused-ring (bicyclic) bond motifs is 4. The maximum atomic E-state index is 2.24. The Morgan fingerprint density at radius 2 is 1.07 bits per heavy atom. The maximum absolute atomic E-state index is 2.24. The van der Waals surface area contributed by atoms with Crippen LogP contribution in [0.3, 0.4) is 0 Å². The first-order valence-corrected chi connectivity index (χ1v) is 9.58. The average Bonchev–Trinajstić information content (AvgIpc) is 3.26. The van der Waals surface area contributed by atoms with Gasteiger partial charge in [-0.25, -0.2) is 0 Å². The zero-order chi connectivity index (χ0) is 18.4. The van der Waals surface area contributed by atoms with Crippen LogP contribution in [0.5, 0.6) is 0 Å². The molecular weight excluding hydrogens is 419 g/mol. The van der Waals surface area contributed by atoms with E-state index in [4.69, 9.17) is 0 Å². The van der Waals surface area contributed by atoms with Crippen molar-refractivity contribution in [1.82, 2.24) is 0 Å². The van der Waals surface area contributed by atoms with Gasteiger partial charge in [-0.1, -0.05) is 42.5 Å². The zero-order valence-corrected chi connectivity index (χ0v) is 19.2. The van der Waals surface area contributed by atoms with Crippen LogP contribution < -0.4 is 0 Å². The molecule has 0 bridgehead atoms. The van der Waals surface area contributed by atoms with Gasteiger partial charge < -0.3 is 0 Å². The molecule has 5 aromatic carbocycles. The number of halogens is 2. The molecule has 0 aromatic heterocycles. The molecule has 3 heteroatoms. The van der Waals surface area contributed by atoms with Gasteiger partial charge in [0.05, 0.1) is 0 Å². The molecule has 0 saturated heterocycles. The van der Waals surface area contributed by atoms with E-state index in [1.807, 2.05) is 0 Å². The Kier molecular flexibility index (Phi) is 10.4. The summed E-state index contributed by atoms with van der Waals surface area (Å²) >= 11 is 2.08. The fourth-order valence-corrected chi connectivity index (χ4v) is 2.97. The molecule has 0 aliphatic carbocycles. The van der Waals surface area contributed by atoms with Gasteiger partial charge in [-0.15, -0.1) is 94.2 Å². The summed E-state index contributed by atoms with van der Waals surface area (Å²) in [5.74, 6) is 0. The van der Waals surface area contributed by atoms with Crippen molar-refractivity contribution in [1.29, 1.82) is 0 Å². The number of benzene rings is 3. The molecule has 0 amide bonds. The van der Waals surface area contributed by atoms with E-state index < -0.39 is 0 Å². The van der Waals surface area contributed by atoms with Gasteiger partial charge in [0.1, 0.15) is 0 Å². The van der Waals surface area contributed by atoms with Crippen LogP contribution in [0.2, 0.25) is 0 Å². The van der Waals surface area contributed by atoms with E-state index in [1.54, 1.807) is 0 Å². The van der Waals surface area contributed by atoms with E-state index in [0.717, 1.165) is 0 Å². The van der Waals surface area contributed by atoms with Crippen LogP contribution in [0.25, 0.3) is 32.3 Å². The van der Waals surface area contributed by atoms with E-state index >= 15 is 0 Å². The first-order valence-electron chi connectivity index (χ1n) is 8.80. The minimum atomic E-state index is 0. The third-order valence-corrected chi connectivity index (χ3v) is 4.07. The van der Waals surface area contributed by atoms with Crippen molar-refractivity contribution in [2.24, 2.45) is 0 Å². The van der Waals surface area contributed by atoms with E-state index in [2.05, 4.69) is 131 Å². The molecule has 0 atom stereocenters. The van der Waals surface area contributed by atoms with Gasteiger partial charge in [-0.2, -0.15) is 17.5 Å². The molecule has 0 fully saturated rings. The van der Waals surface area contributed by atoms with Crippen molar-refractivity contribution in [3.63, 3.8) is 0 Å². The Morgan fingerprint density at radius 3 is 1.57 bits per heavy atom. The molecule has 0 saturated carbocycles. The quantitative estimate of drug-likeness (QED) is 0.169. The predicted octanol–water partition coefficient (Wildman–Crippen LogP) is 7.86. The summed E-state index contributed by atoms with van der Waals surface area (Å²) in [6.45, 7) is 4.17. The van der Waals surface area contributed by atoms with Gasteiger partial charge in [0.25, 0.3) is 0 Å². The normalized spacial score (nSPS) is 9.43. The largest absolute Gasteiger partial charge is 0.168 e. The van der Waals surface area contributed by atoms with E-state index in [9.17, 15) is 0 Å². The topological polar surface area (TPSA) is 0 Å². The first kappa shape index (κ1) is 24.3. The van der Waals surface area contributed by atoms with Crippen LogP contribution in [0.15, 0.2) is 97.1 Å². The number of rotatable bonds is 0. The average molecular weight is 443 g/mol. The molecular formula is C25H24Cl2Ti. The van der Waals surface area contributed by atoms with E-state index in [0.29, 0.717) is 0 Å². The molecule has 0 N–H and O–H groups in total. The summed E-state index contributed by atoms with van der Waals surface area (Å²) in [5, 5.41) is 8.05. The molecule has 0 aliphatic rings. The molecule has 0 radical (unpaired) electrons. The smallest absolute Gasteiger partial charge is 0.0771 e. The summed E-state index contributed by atoms with van der Waals surface area (Å²) < 4.78 is 1.42. The second-order valence-electron chi connectivity index (χ2n) is 6.47. The molecule has 0 unspecified atom stereocenters. The van der Waals surface area contributed by atoms with Crippen molar-refractivity contribution >= 4 is 60.9 Å². The van der Waals surface area contributed by atoms with Crippen molar-refractivity contribution in [3.8, 4) is 0 Å². The predicted molar refractivity (Wildman–Crippen MR) is 127 cm³/mol. The number of hydrogen-bond donors (Lipinski definition) is 0. The van der Waals surface area contributed by atoms with Crippen molar-refractivity contribution < 1.29 is 20.0 Å². The van der Waals surface area contributed by atoms with Gasteiger partial charge in [0, 0.05) is 0 Å². The Morgan fingerprint density at radius 1 is 0.643 bits per heavy atom. The standard InChI is InChI=1S/C13H9.C9H7.C3H6.2ClH.Ti/c1-3-7-12-10(5-1)9-11-6-2-4-8-13(11)12;1-2-5-9-7-3-6-8(9)4-1;1-3-2;;;/h1-9H;1-7H;1-2H3;2*1H;/q2*-1;;;;+2. The molecule has 0 spiro atoms. The van der Waals surface area contributed by atoms with E-state index in [1.165, 1.54) is 36.1 Å². The third kappa shape index (κ3) is 6.43. The third-order valence-electron chi connectivity index (χ3n) is 4.07. The van der Waals surface area contributed by atoms with Crippen LogP contribution in [0.4, 0.5) is 0 Å². The fourth-order valence-electron chi connectivity index (χ4n) is 2.97. The Balaban J connectivity index is 0.000000231. The monoisotopic (exact) mass is 442 g/mol. The molecule has 142 valence electrons. The Bertz CT molecular complexity index is 1050. The second kappa shape index (κ2) is 12.0. The van der Waals surface area contributed by atoms with Crippen LogP contribution in [0.1, 0.15) is 13.8 Å². The Labute approximate surface area is 191 Å². The molecule has 0 heterocycles. The summed E-state index contributed by atoms with van der Waals surface area (Å²) in [5.41, 5.74) is 0. The van der Waals surface area contributed by atoms with Gasteiger partial charge in [0.2, 0.25) is 0 Å². The van der Waals surface area contributed by atoms with Crippen molar-refractivity contribution in [3.05, 3.63) is 97.1 Å². The first-order chi connectivity index (χ1) is 12.6. The van der Waals surface area contributed by atoms with Crippen molar-refractivity contribution in [2.75, 3.05) is 0 Å². The minimum Gasteiger partial charge on any atom is -0.168 e. The van der Waals surface area contributed by atoms with E-state index in [-0.39, 0.29) is 24.8 Å². The minimum absolute atomic E-state index is 0. The van der Waals surface area contributed by atoms with Crippen molar-refractivity contribution in [2.45, 2.75) is 13.8 Å². The van der Waals surface area contributed by atoms with Crippen LogP contribution in [0, 0.1) is 0 Å². The fraction of sp³-hybridized carbons (Fsp3) is 0.0800. The maximum Gasteiger partial charge on any atom is -0.0771 e. The molecule has 0 aliphatic heterocycles. The van der Waals surface area contributed by atoms with Gasteiger partial charge in [-0.05, 0) is 0 Å². The summed E-state index contributed by atoms with van der Waals surface area (Å²) in [6, 6.07) is 33.9. The zero-order valence-electron chi connectivity index (χ0n) is 16.1. The summed E-state index contributed by atoms with van der Waals surface area (Å²) in [6.07, 6.45) is 0. The van der Waals surface area contributed by atoms with Crippen LogP contribution >= 0.6 is 24.8 Å². The molecule has 5 rings (SSSR count). The SMILES string of the molecule is C[C](C)=[Ti+2].Cl.Cl.c1ccc2[cH-]ccc2c1.c1ccc2c(c1)[cH-]c1ccccc12. The van der Waals surface area contributed by atoms with Crippen LogP contribution in [-0.4, -0.2) is 3.81 Å². The summed E-state index contributed by atoms with van der Waals surface area (Å²) in [7, 11) is 0. The second-order valence-corrected chi connectivity index (χ2v) is 8.04. The molecule has 5 aromatic rings. The van der Waals surface area contributed by atoms with Crippen LogP contribution in [-0.2, 0) is 20.0 Å². The van der Waals surface area contributed by atoms with Gasteiger partial charge in [0.15, 0.2) is 0 Å². The molecule has 0 nitrogen and oxygen atoms in total. The summed E-state index contributed by atoms with van der Waals surface area (Å²) in [4.78, 5) is 0.